The molecule has 2 aromatic rings. The van der Waals surface area contributed by atoms with Crippen molar-refractivity contribution in [2.75, 3.05) is 5.32 Å². The van der Waals surface area contributed by atoms with Gasteiger partial charge in [-0.1, -0.05) is 25.0 Å². The third-order valence-corrected chi connectivity index (χ3v) is 3.89. The first kappa shape index (κ1) is 13.8. The van der Waals surface area contributed by atoms with Crippen molar-refractivity contribution in [3.05, 3.63) is 42.5 Å². The van der Waals surface area contributed by atoms with Crippen LogP contribution in [0.2, 0.25) is 0 Å². The highest BCUT2D eigenvalue weighted by Gasteiger charge is 2.37. The summed E-state index contributed by atoms with van der Waals surface area (Å²) in [6.45, 7) is 0. The minimum atomic E-state index is -0.792. The molecule has 1 amide bonds. The highest BCUT2D eigenvalue weighted by atomic mass is 19.1. The molecule has 0 bridgehead atoms. The van der Waals surface area contributed by atoms with E-state index in [-0.39, 0.29) is 11.7 Å². The number of aromatic nitrogens is 2. The molecule has 0 saturated heterocycles. The Bertz CT molecular complexity index is 661. The van der Waals surface area contributed by atoms with Crippen molar-refractivity contribution in [3.63, 3.8) is 0 Å². The number of nitrogens with two attached hydrogens (primary N) is 1. The SMILES string of the molecule is NC1(C(=O)Nc2cnn(-c3ccccc3F)c2)CCCC1. The number of rotatable bonds is 3. The molecular weight excluding hydrogens is 271 g/mol. The lowest BCUT2D eigenvalue weighted by molar-refractivity contribution is -0.121. The first-order chi connectivity index (χ1) is 10.1. The number of carbonyl (C=O) groups is 1. The van der Waals surface area contributed by atoms with Crippen LogP contribution in [0.4, 0.5) is 10.1 Å². The zero-order chi connectivity index (χ0) is 14.9. The van der Waals surface area contributed by atoms with Gasteiger partial charge in [-0.05, 0) is 25.0 Å². The van der Waals surface area contributed by atoms with Gasteiger partial charge in [0.15, 0.2) is 0 Å². The first-order valence-corrected chi connectivity index (χ1v) is 6.98. The number of carbonyl (C=O) groups excluding carboxylic acids is 1. The lowest BCUT2D eigenvalue weighted by Gasteiger charge is -2.21. The average molecular weight is 288 g/mol. The predicted molar refractivity (Wildman–Crippen MR) is 77.5 cm³/mol. The van der Waals surface area contributed by atoms with Gasteiger partial charge in [0.2, 0.25) is 5.91 Å². The van der Waals surface area contributed by atoms with Crippen LogP contribution in [0.25, 0.3) is 5.69 Å². The summed E-state index contributed by atoms with van der Waals surface area (Å²) < 4.78 is 15.1. The fraction of sp³-hybridized carbons (Fsp3) is 0.333. The molecule has 0 aliphatic heterocycles. The molecule has 110 valence electrons. The van der Waals surface area contributed by atoms with E-state index in [1.54, 1.807) is 24.4 Å². The summed E-state index contributed by atoms with van der Waals surface area (Å²) in [6.07, 6.45) is 6.40. The number of hydrogen-bond donors (Lipinski definition) is 2. The molecule has 1 heterocycles. The van der Waals surface area contributed by atoms with E-state index in [1.165, 1.54) is 16.9 Å². The number of nitrogens with zero attached hydrogens (tertiary/aromatic N) is 2. The molecule has 1 aliphatic carbocycles. The van der Waals surface area contributed by atoms with Crippen molar-refractivity contribution >= 4 is 11.6 Å². The third-order valence-electron chi connectivity index (χ3n) is 3.89. The summed E-state index contributed by atoms with van der Waals surface area (Å²) in [6, 6.07) is 6.33. The van der Waals surface area contributed by atoms with Crippen LogP contribution in [-0.4, -0.2) is 21.2 Å². The topological polar surface area (TPSA) is 72.9 Å². The Hall–Kier alpha value is -2.21. The smallest absolute Gasteiger partial charge is 0.244 e. The van der Waals surface area contributed by atoms with Crippen LogP contribution in [0, 0.1) is 5.82 Å². The zero-order valence-electron chi connectivity index (χ0n) is 11.6. The standard InChI is InChI=1S/C15H17FN4O/c16-12-5-1-2-6-13(12)20-10-11(9-18-20)19-14(21)15(17)7-3-4-8-15/h1-2,5-6,9-10H,3-4,7-8,17H2,(H,19,21). The fourth-order valence-corrected chi connectivity index (χ4v) is 2.65. The quantitative estimate of drug-likeness (QED) is 0.909. The molecule has 6 heteroatoms. The highest BCUT2D eigenvalue weighted by molar-refractivity contribution is 5.98. The highest BCUT2D eigenvalue weighted by Crippen LogP contribution is 2.28. The second-order valence-corrected chi connectivity index (χ2v) is 5.44. The minimum Gasteiger partial charge on any atom is -0.322 e. The molecule has 0 spiro atoms. The van der Waals surface area contributed by atoms with Crippen LogP contribution in [0.5, 0.6) is 0 Å². The summed E-state index contributed by atoms with van der Waals surface area (Å²) in [5.74, 6) is -0.572. The van der Waals surface area contributed by atoms with Crippen molar-refractivity contribution in [1.29, 1.82) is 0 Å². The molecule has 0 radical (unpaired) electrons. The van der Waals surface area contributed by atoms with Gasteiger partial charge in [-0.25, -0.2) is 9.07 Å². The molecule has 1 aromatic heterocycles. The molecule has 0 unspecified atom stereocenters. The van der Waals surface area contributed by atoms with E-state index in [0.29, 0.717) is 24.2 Å². The van der Waals surface area contributed by atoms with E-state index in [4.69, 9.17) is 5.73 Å². The normalized spacial score (nSPS) is 16.9. The van der Waals surface area contributed by atoms with E-state index >= 15 is 0 Å². The van der Waals surface area contributed by atoms with Crippen molar-refractivity contribution in [3.8, 4) is 5.69 Å². The van der Waals surface area contributed by atoms with Gasteiger partial charge in [-0.2, -0.15) is 5.10 Å². The summed E-state index contributed by atoms with van der Waals surface area (Å²) in [5, 5.41) is 6.84. The molecule has 0 atom stereocenters. The van der Waals surface area contributed by atoms with Crippen molar-refractivity contribution < 1.29 is 9.18 Å². The molecular formula is C15H17FN4O. The number of hydrogen-bond acceptors (Lipinski definition) is 3. The Balaban J connectivity index is 1.77. The minimum absolute atomic E-state index is 0.201. The van der Waals surface area contributed by atoms with Crippen LogP contribution >= 0.6 is 0 Å². The van der Waals surface area contributed by atoms with Gasteiger partial charge in [0.05, 0.1) is 23.6 Å². The summed E-state index contributed by atoms with van der Waals surface area (Å²) in [4.78, 5) is 12.2. The Morgan fingerprint density at radius 3 is 2.76 bits per heavy atom. The van der Waals surface area contributed by atoms with Crippen LogP contribution in [-0.2, 0) is 4.79 Å². The van der Waals surface area contributed by atoms with Gasteiger partial charge in [-0.15, -0.1) is 0 Å². The third kappa shape index (κ3) is 2.67. The number of benzene rings is 1. The van der Waals surface area contributed by atoms with Gasteiger partial charge < -0.3 is 11.1 Å². The summed E-state index contributed by atoms with van der Waals surface area (Å²) in [7, 11) is 0. The summed E-state index contributed by atoms with van der Waals surface area (Å²) >= 11 is 0. The second kappa shape index (κ2) is 5.29. The zero-order valence-corrected chi connectivity index (χ0v) is 11.6. The van der Waals surface area contributed by atoms with Crippen molar-refractivity contribution in [2.24, 2.45) is 5.73 Å². The van der Waals surface area contributed by atoms with Crippen LogP contribution < -0.4 is 11.1 Å². The maximum atomic E-state index is 13.7. The largest absolute Gasteiger partial charge is 0.322 e. The van der Waals surface area contributed by atoms with Gasteiger partial charge in [0, 0.05) is 0 Å². The molecule has 5 nitrogen and oxygen atoms in total. The van der Waals surface area contributed by atoms with E-state index < -0.39 is 5.54 Å². The van der Waals surface area contributed by atoms with E-state index in [1.807, 2.05) is 0 Å². The lowest BCUT2D eigenvalue weighted by Crippen LogP contribution is -2.48. The molecule has 1 fully saturated rings. The van der Waals surface area contributed by atoms with Crippen molar-refractivity contribution in [1.82, 2.24) is 9.78 Å². The maximum absolute atomic E-state index is 13.7. The maximum Gasteiger partial charge on any atom is 0.244 e. The van der Waals surface area contributed by atoms with Crippen LogP contribution in [0.15, 0.2) is 36.7 Å². The lowest BCUT2D eigenvalue weighted by atomic mass is 9.98. The molecule has 1 aliphatic rings. The number of anilines is 1. The fourth-order valence-electron chi connectivity index (χ4n) is 2.65. The van der Waals surface area contributed by atoms with E-state index in [2.05, 4.69) is 10.4 Å². The molecule has 21 heavy (non-hydrogen) atoms. The Morgan fingerprint density at radius 2 is 2.05 bits per heavy atom. The van der Waals surface area contributed by atoms with Gasteiger partial charge in [-0.3, -0.25) is 4.79 Å². The Kier molecular flexibility index (Phi) is 3.47. The molecule has 1 aromatic carbocycles. The Morgan fingerprint density at radius 1 is 1.33 bits per heavy atom. The predicted octanol–water partition coefficient (Wildman–Crippen LogP) is 2.22. The van der Waals surface area contributed by atoms with Crippen LogP contribution in [0.1, 0.15) is 25.7 Å². The molecule has 3 rings (SSSR count). The van der Waals surface area contributed by atoms with Crippen molar-refractivity contribution in [2.45, 2.75) is 31.2 Å². The van der Waals surface area contributed by atoms with Gasteiger partial charge in [0.1, 0.15) is 11.5 Å². The molecule has 3 N–H and O–H groups in total. The number of halogens is 1. The average Bonchev–Trinajstić information content (AvgIpc) is 3.09. The first-order valence-electron chi connectivity index (χ1n) is 6.98. The van der Waals surface area contributed by atoms with E-state index in [0.717, 1.165) is 12.8 Å². The number of para-hydroxylation sites is 1. The van der Waals surface area contributed by atoms with Gasteiger partial charge >= 0.3 is 0 Å². The monoisotopic (exact) mass is 288 g/mol. The molecule has 1 saturated carbocycles. The second-order valence-electron chi connectivity index (χ2n) is 5.44. The van der Waals surface area contributed by atoms with Crippen LogP contribution in [0.3, 0.4) is 0 Å². The Labute approximate surface area is 121 Å². The van der Waals surface area contributed by atoms with Gasteiger partial charge in [0.25, 0.3) is 0 Å². The number of nitrogens with one attached hydrogen (secondary N) is 1. The number of amides is 1. The van der Waals surface area contributed by atoms with E-state index in [9.17, 15) is 9.18 Å². The summed E-state index contributed by atoms with van der Waals surface area (Å²) in [5.41, 5.74) is 6.15.